The van der Waals surface area contributed by atoms with Gasteiger partial charge in [0, 0.05) is 13.3 Å². The zero-order chi connectivity index (χ0) is 14.4. The van der Waals surface area contributed by atoms with Crippen LogP contribution in [0.5, 0.6) is 11.6 Å². The number of hydrogen-bond donors (Lipinski definition) is 0. The molecular formula is C16H16N2O2. The van der Waals surface area contributed by atoms with Crippen molar-refractivity contribution in [3.05, 3.63) is 53.2 Å². The van der Waals surface area contributed by atoms with Gasteiger partial charge in [-0.25, -0.2) is 4.98 Å². The maximum Gasteiger partial charge on any atom is 0.237 e. The highest BCUT2D eigenvalue weighted by atomic mass is 16.5. The van der Waals surface area contributed by atoms with Crippen molar-refractivity contribution in [2.45, 2.75) is 13.3 Å². The van der Waals surface area contributed by atoms with Gasteiger partial charge in [-0.3, -0.25) is 0 Å². The minimum absolute atomic E-state index is 0.345. The number of methoxy groups -OCH3 is 1. The zero-order valence-electron chi connectivity index (χ0n) is 11.6. The van der Waals surface area contributed by atoms with Crippen molar-refractivity contribution in [3.63, 3.8) is 0 Å². The van der Waals surface area contributed by atoms with Crippen molar-refractivity contribution < 1.29 is 9.47 Å². The molecule has 2 aromatic rings. The molecule has 0 radical (unpaired) electrons. The summed E-state index contributed by atoms with van der Waals surface area (Å²) >= 11 is 0. The average Bonchev–Trinajstić information content (AvgIpc) is 2.47. The number of nitriles is 1. The second-order valence-electron chi connectivity index (χ2n) is 4.41. The van der Waals surface area contributed by atoms with Crippen LogP contribution in [0.25, 0.3) is 0 Å². The number of pyridine rings is 1. The Morgan fingerprint density at radius 2 is 1.95 bits per heavy atom. The Kier molecular flexibility index (Phi) is 4.70. The molecule has 4 heteroatoms. The van der Waals surface area contributed by atoms with E-state index in [1.807, 2.05) is 31.2 Å². The van der Waals surface area contributed by atoms with E-state index in [-0.39, 0.29) is 0 Å². The van der Waals surface area contributed by atoms with E-state index >= 15 is 0 Å². The van der Waals surface area contributed by atoms with Gasteiger partial charge < -0.3 is 9.47 Å². The summed E-state index contributed by atoms with van der Waals surface area (Å²) in [6.45, 7) is 2.55. The number of benzene rings is 1. The molecular weight excluding hydrogens is 252 g/mol. The number of hydrogen-bond acceptors (Lipinski definition) is 4. The molecule has 0 fully saturated rings. The first kappa shape index (κ1) is 14.0. The summed E-state index contributed by atoms with van der Waals surface area (Å²) in [6, 6.07) is 11.6. The van der Waals surface area contributed by atoms with Crippen molar-refractivity contribution in [1.82, 2.24) is 4.98 Å². The third kappa shape index (κ3) is 3.34. The van der Waals surface area contributed by atoms with Crippen LogP contribution >= 0.6 is 0 Å². The Balaban J connectivity index is 2.15. The average molecular weight is 268 g/mol. The maximum atomic E-state index is 9.13. The van der Waals surface area contributed by atoms with Crippen LogP contribution < -0.4 is 4.74 Å². The van der Waals surface area contributed by atoms with Crippen LogP contribution in [0.1, 0.15) is 16.7 Å². The lowest BCUT2D eigenvalue weighted by atomic mass is 10.1. The fraction of sp³-hybridized carbons (Fsp3) is 0.250. The van der Waals surface area contributed by atoms with E-state index in [4.69, 9.17) is 14.7 Å². The second kappa shape index (κ2) is 6.69. The van der Waals surface area contributed by atoms with E-state index in [9.17, 15) is 0 Å². The summed E-state index contributed by atoms with van der Waals surface area (Å²) in [4.78, 5) is 4.11. The lowest BCUT2D eigenvalue weighted by Crippen LogP contribution is -1.96. The van der Waals surface area contributed by atoms with E-state index in [1.165, 1.54) is 5.56 Å². The van der Waals surface area contributed by atoms with Crippen molar-refractivity contribution in [2.75, 3.05) is 13.7 Å². The molecule has 0 unspecified atom stereocenters. The molecule has 0 aliphatic carbocycles. The third-order valence-corrected chi connectivity index (χ3v) is 2.97. The van der Waals surface area contributed by atoms with E-state index in [2.05, 4.69) is 11.1 Å². The molecule has 2 rings (SSSR count). The van der Waals surface area contributed by atoms with Gasteiger partial charge in [-0.2, -0.15) is 5.26 Å². The van der Waals surface area contributed by atoms with Gasteiger partial charge in [0.15, 0.2) is 0 Å². The van der Waals surface area contributed by atoms with E-state index < -0.39 is 0 Å². The van der Waals surface area contributed by atoms with Crippen molar-refractivity contribution >= 4 is 0 Å². The molecule has 0 amide bonds. The molecule has 102 valence electrons. The molecule has 0 aliphatic rings. The Morgan fingerprint density at radius 3 is 2.60 bits per heavy atom. The first-order valence-electron chi connectivity index (χ1n) is 6.36. The Hall–Kier alpha value is -2.38. The third-order valence-electron chi connectivity index (χ3n) is 2.97. The highest BCUT2D eigenvalue weighted by Gasteiger charge is 2.08. The SMILES string of the molecule is COCCc1ccc(Oc2nccc(C)c2C#N)cc1. The van der Waals surface area contributed by atoms with Gasteiger partial charge in [0.05, 0.1) is 6.61 Å². The predicted octanol–water partition coefficient (Wildman–Crippen LogP) is 3.24. The summed E-state index contributed by atoms with van der Waals surface area (Å²) in [5, 5.41) is 9.13. The van der Waals surface area contributed by atoms with Gasteiger partial charge in [-0.1, -0.05) is 12.1 Å². The molecule has 0 saturated heterocycles. The molecule has 0 saturated carbocycles. The second-order valence-corrected chi connectivity index (χ2v) is 4.41. The topological polar surface area (TPSA) is 55.1 Å². The zero-order valence-corrected chi connectivity index (χ0v) is 11.6. The molecule has 0 bridgehead atoms. The Bertz CT molecular complexity index is 615. The van der Waals surface area contributed by atoms with Gasteiger partial charge >= 0.3 is 0 Å². The fourth-order valence-electron chi connectivity index (χ4n) is 1.80. The molecule has 0 N–H and O–H groups in total. The minimum Gasteiger partial charge on any atom is -0.438 e. The first-order chi connectivity index (χ1) is 9.74. The number of rotatable bonds is 5. The van der Waals surface area contributed by atoms with E-state index in [0.717, 1.165) is 12.0 Å². The quantitative estimate of drug-likeness (QED) is 0.835. The van der Waals surface area contributed by atoms with Crippen LogP contribution in [0.3, 0.4) is 0 Å². The largest absolute Gasteiger partial charge is 0.438 e. The fourth-order valence-corrected chi connectivity index (χ4v) is 1.80. The molecule has 0 spiro atoms. The van der Waals surface area contributed by atoms with Gasteiger partial charge in [0.1, 0.15) is 17.4 Å². The number of ether oxygens (including phenoxy) is 2. The minimum atomic E-state index is 0.345. The Morgan fingerprint density at radius 1 is 1.20 bits per heavy atom. The standard InChI is InChI=1S/C16H16N2O2/c1-12-7-9-18-16(15(12)11-17)20-14-5-3-13(4-6-14)8-10-19-2/h3-7,9H,8,10H2,1-2H3. The predicted molar refractivity (Wildman–Crippen MR) is 75.8 cm³/mol. The number of nitrogens with zero attached hydrogens (tertiary/aromatic N) is 2. The number of aryl methyl sites for hydroxylation is 1. The van der Waals surface area contributed by atoms with Crippen LogP contribution in [0.4, 0.5) is 0 Å². The number of aromatic nitrogens is 1. The highest BCUT2D eigenvalue weighted by molar-refractivity contribution is 5.45. The van der Waals surface area contributed by atoms with Crippen LogP contribution in [-0.2, 0) is 11.2 Å². The van der Waals surface area contributed by atoms with Crippen LogP contribution in [0.2, 0.25) is 0 Å². The highest BCUT2D eigenvalue weighted by Crippen LogP contribution is 2.24. The maximum absolute atomic E-state index is 9.13. The van der Waals surface area contributed by atoms with Gasteiger partial charge in [0.25, 0.3) is 0 Å². The van der Waals surface area contributed by atoms with Gasteiger partial charge in [-0.15, -0.1) is 0 Å². The summed E-state index contributed by atoms with van der Waals surface area (Å²) in [6.07, 6.45) is 2.50. The van der Waals surface area contributed by atoms with Crippen molar-refractivity contribution in [2.24, 2.45) is 0 Å². The van der Waals surface area contributed by atoms with Gasteiger partial charge in [0.2, 0.25) is 5.88 Å². The van der Waals surface area contributed by atoms with Crippen molar-refractivity contribution in [1.29, 1.82) is 5.26 Å². The monoisotopic (exact) mass is 268 g/mol. The summed E-state index contributed by atoms with van der Waals surface area (Å²) in [7, 11) is 1.68. The first-order valence-corrected chi connectivity index (χ1v) is 6.36. The van der Waals surface area contributed by atoms with E-state index in [0.29, 0.717) is 23.8 Å². The molecule has 0 aliphatic heterocycles. The molecule has 20 heavy (non-hydrogen) atoms. The van der Waals surface area contributed by atoms with Crippen molar-refractivity contribution in [3.8, 4) is 17.7 Å². The summed E-state index contributed by atoms with van der Waals surface area (Å²) in [5.41, 5.74) is 2.50. The van der Waals surface area contributed by atoms with Crippen LogP contribution in [0.15, 0.2) is 36.5 Å². The summed E-state index contributed by atoms with van der Waals surface area (Å²) in [5.74, 6) is 1.01. The molecule has 1 aromatic carbocycles. The van der Waals surface area contributed by atoms with Crippen LogP contribution in [-0.4, -0.2) is 18.7 Å². The molecule has 0 atom stereocenters. The van der Waals surface area contributed by atoms with Gasteiger partial charge in [-0.05, 0) is 42.7 Å². The smallest absolute Gasteiger partial charge is 0.237 e. The molecule has 4 nitrogen and oxygen atoms in total. The normalized spacial score (nSPS) is 10.1. The van der Waals surface area contributed by atoms with E-state index in [1.54, 1.807) is 19.4 Å². The lowest BCUT2D eigenvalue weighted by molar-refractivity contribution is 0.202. The lowest BCUT2D eigenvalue weighted by Gasteiger charge is -2.08. The molecule has 1 heterocycles. The Labute approximate surface area is 118 Å². The molecule has 1 aromatic heterocycles. The van der Waals surface area contributed by atoms with Crippen LogP contribution in [0, 0.1) is 18.3 Å². The summed E-state index contributed by atoms with van der Waals surface area (Å²) < 4.78 is 10.7.